The molecule has 2 N–H and O–H groups in total. The monoisotopic (exact) mass is 200 g/mol. The van der Waals surface area contributed by atoms with Crippen LogP contribution in [0.4, 0.5) is 0 Å². The van der Waals surface area contributed by atoms with Gasteiger partial charge in [-0.1, -0.05) is 0 Å². The number of hydrogen-bond donors (Lipinski definition) is 1. The second-order valence-corrected chi connectivity index (χ2v) is 4.70. The molecule has 3 aliphatic carbocycles. The Morgan fingerprint density at radius 2 is 1.54 bits per heavy atom. The molecule has 0 aromatic carbocycles. The number of nitrogens with zero attached hydrogens (tertiary/aromatic N) is 1. The van der Waals surface area contributed by atoms with Gasteiger partial charge in [0.25, 0.3) is 0 Å². The van der Waals surface area contributed by atoms with Gasteiger partial charge in [-0.3, -0.25) is 0 Å². The van der Waals surface area contributed by atoms with E-state index in [2.05, 4.69) is 6.07 Å². The summed E-state index contributed by atoms with van der Waals surface area (Å²) >= 11 is 0. The fourth-order valence-electron chi connectivity index (χ4n) is 2.73. The molecule has 2 bridgehead atoms. The minimum absolute atomic E-state index is 0. The van der Waals surface area contributed by atoms with Gasteiger partial charge in [0.05, 0.1) is 6.07 Å². The molecular formula is C10H17ClN2. The van der Waals surface area contributed by atoms with E-state index in [9.17, 15) is 0 Å². The second kappa shape index (κ2) is 3.48. The lowest BCUT2D eigenvalue weighted by Gasteiger charge is -2.51. The molecule has 0 heterocycles. The highest BCUT2D eigenvalue weighted by Crippen LogP contribution is 2.52. The predicted octanol–water partition coefficient (Wildman–Crippen LogP) is 2.37. The molecule has 0 spiro atoms. The Morgan fingerprint density at radius 1 is 1.08 bits per heavy atom. The number of nitriles is 1. The molecule has 0 aromatic rings. The molecule has 3 rings (SSSR count). The Hall–Kier alpha value is -0.260. The van der Waals surface area contributed by atoms with Crippen LogP contribution >= 0.6 is 12.4 Å². The zero-order valence-electron chi connectivity index (χ0n) is 7.88. The van der Waals surface area contributed by atoms with E-state index >= 15 is 0 Å². The van der Waals surface area contributed by atoms with Gasteiger partial charge in [0, 0.05) is 12.0 Å². The molecular weight excluding hydrogens is 184 g/mol. The van der Waals surface area contributed by atoms with Crippen LogP contribution in [0.1, 0.15) is 44.9 Å². The third kappa shape index (κ3) is 1.82. The molecule has 0 atom stereocenters. The Balaban J connectivity index is 0.000000845. The van der Waals surface area contributed by atoms with Crippen molar-refractivity contribution in [2.24, 2.45) is 11.1 Å². The predicted molar refractivity (Wildman–Crippen MR) is 54.5 cm³/mol. The van der Waals surface area contributed by atoms with E-state index in [-0.39, 0.29) is 17.9 Å². The van der Waals surface area contributed by atoms with E-state index in [1.165, 1.54) is 19.3 Å². The average Bonchev–Trinajstić information content (AvgIpc) is 2.08. The molecule has 0 aliphatic heterocycles. The summed E-state index contributed by atoms with van der Waals surface area (Å²) in [4.78, 5) is 0. The fraction of sp³-hybridized carbons (Fsp3) is 0.900. The maximum absolute atomic E-state index is 8.72. The maximum Gasteiger partial charge on any atom is 0.0627 e. The van der Waals surface area contributed by atoms with E-state index in [1.54, 1.807) is 0 Å². The summed E-state index contributed by atoms with van der Waals surface area (Å²) in [6.45, 7) is 0. The molecule has 74 valence electrons. The lowest BCUT2D eigenvalue weighted by atomic mass is 9.57. The van der Waals surface area contributed by atoms with Crippen LogP contribution in [-0.2, 0) is 0 Å². The van der Waals surface area contributed by atoms with Crippen molar-refractivity contribution < 1.29 is 0 Å². The molecule has 0 aromatic heterocycles. The van der Waals surface area contributed by atoms with E-state index in [0.29, 0.717) is 5.41 Å². The van der Waals surface area contributed by atoms with Crippen LogP contribution in [0.2, 0.25) is 0 Å². The number of hydrogen-bond acceptors (Lipinski definition) is 2. The van der Waals surface area contributed by atoms with Crippen LogP contribution in [0, 0.1) is 16.7 Å². The van der Waals surface area contributed by atoms with Gasteiger partial charge < -0.3 is 5.73 Å². The van der Waals surface area contributed by atoms with Crippen LogP contribution in [0.25, 0.3) is 0 Å². The fourth-order valence-corrected chi connectivity index (χ4v) is 2.73. The van der Waals surface area contributed by atoms with E-state index < -0.39 is 0 Å². The first-order chi connectivity index (χ1) is 5.68. The third-order valence-corrected chi connectivity index (χ3v) is 3.91. The first kappa shape index (κ1) is 10.8. The van der Waals surface area contributed by atoms with Gasteiger partial charge >= 0.3 is 0 Å². The van der Waals surface area contributed by atoms with Crippen molar-refractivity contribution in [3.8, 4) is 6.07 Å². The van der Waals surface area contributed by atoms with Crippen LogP contribution in [0.3, 0.4) is 0 Å². The quantitative estimate of drug-likeness (QED) is 0.707. The van der Waals surface area contributed by atoms with Crippen molar-refractivity contribution in [3.63, 3.8) is 0 Å². The van der Waals surface area contributed by atoms with Crippen molar-refractivity contribution in [2.75, 3.05) is 0 Å². The topological polar surface area (TPSA) is 49.8 Å². The van der Waals surface area contributed by atoms with Crippen molar-refractivity contribution in [3.05, 3.63) is 0 Å². The first-order valence-corrected chi connectivity index (χ1v) is 4.84. The molecule has 0 amide bonds. The van der Waals surface area contributed by atoms with Gasteiger partial charge in [0.1, 0.15) is 0 Å². The zero-order valence-corrected chi connectivity index (χ0v) is 8.70. The van der Waals surface area contributed by atoms with Gasteiger partial charge in [-0.2, -0.15) is 5.26 Å². The molecule has 2 nitrogen and oxygen atoms in total. The first-order valence-electron chi connectivity index (χ1n) is 4.84. The van der Waals surface area contributed by atoms with E-state index in [1.807, 2.05) is 0 Å². The van der Waals surface area contributed by atoms with Gasteiger partial charge in [0.2, 0.25) is 0 Å². The van der Waals surface area contributed by atoms with Crippen molar-refractivity contribution in [1.82, 2.24) is 0 Å². The molecule has 13 heavy (non-hydrogen) atoms. The number of rotatable bonds is 1. The van der Waals surface area contributed by atoms with Gasteiger partial charge in [-0.15, -0.1) is 12.4 Å². The molecule has 0 unspecified atom stereocenters. The molecule has 3 fully saturated rings. The highest BCUT2D eigenvalue weighted by Gasteiger charge is 2.46. The summed E-state index contributed by atoms with van der Waals surface area (Å²) in [6.07, 6.45) is 7.77. The summed E-state index contributed by atoms with van der Waals surface area (Å²) in [5.74, 6) is 0. The molecule has 3 saturated carbocycles. The number of fused-ring (bicyclic) bond motifs is 3. The van der Waals surface area contributed by atoms with Crippen molar-refractivity contribution in [1.29, 1.82) is 5.26 Å². The lowest BCUT2D eigenvalue weighted by molar-refractivity contribution is 0.0486. The Bertz CT molecular complexity index is 207. The van der Waals surface area contributed by atoms with Gasteiger partial charge in [-0.05, 0) is 43.9 Å². The second-order valence-electron chi connectivity index (χ2n) is 4.70. The Morgan fingerprint density at radius 3 is 1.92 bits per heavy atom. The Kier molecular flexibility index (Phi) is 2.89. The minimum Gasteiger partial charge on any atom is -0.325 e. The van der Waals surface area contributed by atoms with Crippen LogP contribution in [-0.4, -0.2) is 5.54 Å². The van der Waals surface area contributed by atoms with E-state index in [4.69, 9.17) is 11.0 Å². The summed E-state index contributed by atoms with van der Waals surface area (Å²) in [5, 5.41) is 8.72. The average molecular weight is 201 g/mol. The van der Waals surface area contributed by atoms with Crippen LogP contribution in [0.5, 0.6) is 0 Å². The highest BCUT2D eigenvalue weighted by atomic mass is 35.5. The molecule has 0 radical (unpaired) electrons. The largest absolute Gasteiger partial charge is 0.325 e. The van der Waals surface area contributed by atoms with Crippen molar-refractivity contribution >= 4 is 12.4 Å². The van der Waals surface area contributed by atoms with E-state index in [0.717, 1.165) is 25.7 Å². The van der Waals surface area contributed by atoms with Gasteiger partial charge in [0.15, 0.2) is 0 Å². The smallest absolute Gasteiger partial charge is 0.0627 e. The summed E-state index contributed by atoms with van der Waals surface area (Å²) in [6, 6.07) is 2.33. The zero-order chi connectivity index (χ0) is 8.66. The summed E-state index contributed by atoms with van der Waals surface area (Å²) in [5.41, 5.74) is 6.69. The molecule has 3 aliphatic rings. The number of halogens is 1. The lowest BCUT2D eigenvalue weighted by Crippen LogP contribution is -2.51. The molecule has 0 saturated heterocycles. The SMILES string of the molecule is Cl.N#CCC12CCC(N)(CC1)CC2. The summed E-state index contributed by atoms with van der Waals surface area (Å²) in [7, 11) is 0. The maximum atomic E-state index is 8.72. The normalized spacial score (nSPS) is 42.2. The standard InChI is InChI=1S/C10H16N2.ClH/c11-8-7-9-1-4-10(12,5-2-9)6-3-9;/h1-7,12H2;1H. The van der Waals surface area contributed by atoms with Crippen LogP contribution in [0.15, 0.2) is 0 Å². The number of nitrogens with two attached hydrogens (primary N) is 1. The van der Waals surface area contributed by atoms with Crippen LogP contribution < -0.4 is 5.73 Å². The summed E-state index contributed by atoms with van der Waals surface area (Å²) < 4.78 is 0. The van der Waals surface area contributed by atoms with Crippen molar-refractivity contribution in [2.45, 2.75) is 50.5 Å². The highest BCUT2D eigenvalue weighted by molar-refractivity contribution is 5.85. The Labute approximate surface area is 85.9 Å². The van der Waals surface area contributed by atoms with Gasteiger partial charge in [-0.25, -0.2) is 0 Å². The third-order valence-electron chi connectivity index (χ3n) is 3.91. The molecule has 3 heteroatoms. The minimum atomic E-state index is 0.